The molecule has 5 heteroatoms. The topological polar surface area (TPSA) is 56.2 Å². The van der Waals surface area contributed by atoms with Crippen molar-refractivity contribution in [3.8, 4) is 0 Å². The quantitative estimate of drug-likeness (QED) is 0.827. The van der Waals surface area contributed by atoms with Crippen molar-refractivity contribution < 1.29 is 9.53 Å². The largest absolute Gasteiger partial charge is 0.465 e. The van der Waals surface area contributed by atoms with Gasteiger partial charge < -0.3 is 14.6 Å². The van der Waals surface area contributed by atoms with Gasteiger partial charge in [-0.25, -0.2) is 4.98 Å². The van der Waals surface area contributed by atoms with E-state index < -0.39 is 0 Å². The number of carbonyl (C=O) groups is 1. The molecule has 18 heavy (non-hydrogen) atoms. The Morgan fingerprint density at radius 3 is 3.17 bits per heavy atom. The molecule has 1 aliphatic rings. The van der Waals surface area contributed by atoms with Crippen LogP contribution in [0.2, 0.25) is 0 Å². The highest BCUT2D eigenvalue weighted by molar-refractivity contribution is 5.69. The van der Waals surface area contributed by atoms with E-state index in [2.05, 4.69) is 17.2 Å². The van der Waals surface area contributed by atoms with E-state index in [1.165, 1.54) is 12.8 Å². The summed E-state index contributed by atoms with van der Waals surface area (Å²) in [6, 6.07) is 0.820. The minimum Gasteiger partial charge on any atom is -0.465 e. The van der Waals surface area contributed by atoms with Crippen molar-refractivity contribution in [2.45, 2.75) is 51.7 Å². The summed E-state index contributed by atoms with van der Waals surface area (Å²) in [5.41, 5.74) is 1.08. The Balaban J connectivity index is 2.04. The summed E-state index contributed by atoms with van der Waals surface area (Å²) in [6.07, 6.45) is 7.06. The second-order valence-corrected chi connectivity index (χ2v) is 4.80. The summed E-state index contributed by atoms with van der Waals surface area (Å²) in [4.78, 5) is 15.7. The summed E-state index contributed by atoms with van der Waals surface area (Å²) in [6.45, 7) is 4.67. The van der Waals surface area contributed by atoms with E-state index in [9.17, 15) is 4.79 Å². The number of ether oxygens (including phenoxy) is 1. The van der Waals surface area contributed by atoms with E-state index in [4.69, 9.17) is 4.74 Å². The molecule has 1 aliphatic heterocycles. The van der Waals surface area contributed by atoms with Crippen molar-refractivity contribution in [3.63, 3.8) is 0 Å². The number of esters is 1. The summed E-state index contributed by atoms with van der Waals surface area (Å²) in [5.74, 6) is -0.208. The maximum Gasteiger partial charge on any atom is 0.325 e. The molecule has 0 amide bonds. The van der Waals surface area contributed by atoms with Gasteiger partial charge >= 0.3 is 5.97 Å². The first-order chi connectivity index (χ1) is 8.70. The maximum atomic E-state index is 11.5. The zero-order chi connectivity index (χ0) is 13.0. The van der Waals surface area contributed by atoms with Crippen LogP contribution >= 0.6 is 0 Å². The molecule has 2 heterocycles. The fourth-order valence-electron chi connectivity index (χ4n) is 2.47. The maximum absolute atomic E-state index is 11.5. The molecule has 1 N–H and O–H groups in total. The van der Waals surface area contributed by atoms with Crippen LogP contribution in [-0.4, -0.2) is 28.2 Å². The lowest BCUT2D eigenvalue weighted by atomic mass is 9.97. The molecule has 2 atom stereocenters. The smallest absolute Gasteiger partial charge is 0.325 e. The molecule has 0 aliphatic carbocycles. The van der Waals surface area contributed by atoms with Gasteiger partial charge in [-0.2, -0.15) is 0 Å². The summed E-state index contributed by atoms with van der Waals surface area (Å²) in [7, 11) is 0. The third-order valence-corrected chi connectivity index (χ3v) is 3.32. The second kappa shape index (κ2) is 6.00. The molecule has 0 saturated carbocycles. The van der Waals surface area contributed by atoms with Crippen molar-refractivity contribution in [2.75, 3.05) is 6.61 Å². The van der Waals surface area contributed by atoms with E-state index in [-0.39, 0.29) is 12.5 Å². The molecule has 1 fully saturated rings. The van der Waals surface area contributed by atoms with Gasteiger partial charge in [-0.3, -0.25) is 4.79 Å². The normalized spacial score (nSPS) is 23.9. The van der Waals surface area contributed by atoms with Gasteiger partial charge in [-0.05, 0) is 33.1 Å². The van der Waals surface area contributed by atoms with Crippen LogP contribution < -0.4 is 5.32 Å². The number of nitrogens with zero attached hydrogens (tertiary/aromatic N) is 2. The molecule has 1 aromatic heterocycles. The summed E-state index contributed by atoms with van der Waals surface area (Å²) in [5, 5.41) is 3.55. The number of hydrogen-bond acceptors (Lipinski definition) is 4. The molecule has 2 unspecified atom stereocenters. The SMILES string of the molecule is CCOC(=O)Cn1cncc1C1CCCC(C)N1. The first-order valence-electron chi connectivity index (χ1n) is 6.62. The van der Waals surface area contributed by atoms with Crippen LogP contribution in [0, 0.1) is 0 Å². The lowest BCUT2D eigenvalue weighted by Gasteiger charge is -2.29. The highest BCUT2D eigenvalue weighted by Gasteiger charge is 2.22. The zero-order valence-corrected chi connectivity index (χ0v) is 11.1. The van der Waals surface area contributed by atoms with Crippen LogP contribution in [0.4, 0.5) is 0 Å². The number of carbonyl (C=O) groups excluding carboxylic acids is 1. The number of piperidine rings is 1. The average molecular weight is 251 g/mol. The predicted molar refractivity (Wildman–Crippen MR) is 68.0 cm³/mol. The van der Waals surface area contributed by atoms with E-state index >= 15 is 0 Å². The van der Waals surface area contributed by atoms with Crippen LogP contribution in [0.3, 0.4) is 0 Å². The van der Waals surface area contributed by atoms with Crippen LogP contribution in [0.1, 0.15) is 44.8 Å². The monoisotopic (exact) mass is 251 g/mol. The van der Waals surface area contributed by atoms with E-state index in [1.54, 1.807) is 6.33 Å². The minimum atomic E-state index is -0.208. The highest BCUT2D eigenvalue weighted by atomic mass is 16.5. The van der Waals surface area contributed by atoms with Crippen LogP contribution in [-0.2, 0) is 16.1 Å². The molecule has 0 spiro atoms. The van der Waals surface area contributed by atoms with Gasteiger partial charge in [0.2, 0.25) is 0 Å². The van der Waals surface area contributed by atoms with E-state index in [0.29, 0.717) is 18.7 Å². The molecular weight excluding hydrogens is 230 g/mol. The fraction of sp³-hybridized carbons (Fsp3) is 0.692. The van der Waals surface area contributed by atoms with Gasteiger partial charge in [-0.1, -0.05) is 0 Å². The van der Waals surface area contributed by atoms with E-state index in [1.807, 2.05) is 17.7 Å². The third-order valence-electron chi connectivity index (χ3n) is 3.32. The van der Waals surface area contributed by atoms with Crippen molar-refractivity contribution in [1.29, 1.82) is 0 Å². The Kier molecular flexibility index (Phi) is 4.36. The lowest BCUT2D eigenvalue weighted by molar-refractivity contribution is -0.143. The summed E-state index contributed by atoms with van der Waals surface area (Å²) < 4.78 is 6.85. The number of hydrogen-bond donors (Lipinski definition) is 1. The van der Waals surface area contributed by atoms with Gasteiger partial charge in [0.1, 0.15) is 6.54 Å². The first kappa shape index (κ1) is 13.1. The zero-order valence-electron chi connectivity index (χ0n) is 11.1. The van der Waals surface area contributed by atoms with Gasteiger partial charge in [0.15, 0.2) is 0 Å². The Bertz CT molecular complexity index is 403. The molecule has 0 bridgehead atoms. The standard InChI is InChI=1S/C13H21N3O2/c1-3-18-13(17)8-16-9-14-7-12(16)11-6-4-5-10(2)15-11/h7,9-11,15H,3-6,8H2,1-2H3. The van der Waals surface area contributed by atoms with Crippen molar-refractivity contribution in [2.24, 2.45) is 0 Å². The Labute approximate surface area is 108 Å². The molecule has 5 nitrogen and oxygen atoms in total. The number of nitrogens with one attached hydrogen (secondary N) is 1. The van der Waals surface area contributed by atoms with Gasteiger partial charge in [-0.15, -0.1) is 0 Å². The molecule has 2 rings (SSSR count). The molecule has 0 aromatic carbocycles. The lowest BCUT2D eigenvalue weighted by Crippen LogP contribution is -2.35. The molecule has 1 saturated heterocycles. The van der Waals surface area contributed by atoms with Crippen molar-refractivity contribution in [3.05, 3.63) is 18.2 Å². The average Bonchev–Trinajstić information content (AvgIpc) is 2.77. The van der Waals surface area contributed by atoms with E-state index in [0.717, 1.165) is 12.1 Å². The van der Waals surface area contributed by atoms with Crippen LogP contribution in [0.5, 0.6) is 0 Å². The van der Waals surface area contributed by atoms with Gasteiger partial charge in [0.05, 0.1) is 18.6 Å². The molecule has 0 radical (unpaired) electrons. The van der Waals surface area contributed by atoms with Gasteiger partial charge in [0, 0.05) is 18.3 Å². The molecule has 1 aromatic rings. The van der Waals surface area contributed by atoms with Crippen LogP contribution in [0.15, 0.2) is 12.5 Å². The van der Waals surface area contributed by atoms with Crippen molar-refractivity contribution in [1.82, 2.24) is 14.9 Å². The van der Waals surface area contributed by atoms with Gasteiger partial charge in [0.25, 0.3) is 0 Å². The fourth-order valence-corrected chi connectivity index (χ4v) is 2.47. The highest BCUT2D eigenvalue weighted by Crippen LogP contribution is 2.25. The first-order valence-corrected chi connectivity index (χ1v) is 6.62. The number of rotatable bonds is 4. The predicted octanol–water partition coefficient (Wildman–Crippen LogP) is 1.65. The molecular formula is C13H21N3O2. The minimum absolute atomic E-state index is 0.208. The number of imidazole rings is 1. The Morgan fingerprint density at radius 2 is 2.44 bits per heavy atom. The Hall–Kier alpha value is -1.36. The van der Waals surface area contributed by atoms with Crippen molar-refractivity contribution >= 4 is 5.97 Å². The molecule has 100 valence electrons. The second-order valence-electron chi connectivity index (χ2n) is 4.80. The number of aromatic nitrogens is 2. The van der Waals surface area contributed by atoms with Crippen LogP contribution in [0.25, 0.3) is 0 Å². The summed E-state index contributed by atoms with van der Waals surface area (Å²) >= 11 is 0. The Morgan fingerprint density at radius 1 is 1.61 bits per heavy atom. The third kappa shape index (κ3) is 3.10.